The summed E-state index contributed by atoms with van der Waals surface area (Å²) in [7, 11) is 1.77. The minimum atomic E-state index is -0.586. The molecule has 2 aromatic carbocycles. The van der Waals surface area contributed by atoms with E-state index in [1.54, 1.807) is 11.9 Å². The van der Waals surface area contributed by atoms with Crippen molar-refractivity contribution in [2.75, 3.05) is 11.9 Å². The molecular weight excluding hydrogens is 378 g/mol. The van der Waals surface area contributed by atoms with Crippen LogP contribution in [0.3, 0.4) is 0 Å². The highest BCUT2D eigenvalue weighted by Gasteiger charge is 2.57. The molecule has 1 aliphatic carbocycles. The normalized spacial score (nSPS) is 24.6. The van der Waals surface area contributed by atoms with E-state index in [-0.39, 0.29) is 23.6 Å². The second-order valence-corrected chi connectivity index (χ2v) is 8.15. The quantitative estimate of drug-likeness (QED) is 0.703. The van der Waals surface area contributed by atoms with Gasteiger partial charge < -0.3 is 15.2 Å². The van der Waals surface area contributed by atoms with Gasteiger partial charge in [-0.3, -0.25) is 9.59 Å². The molecule has 5 rings (SSSR count). The third-order valence-electron chi connectivity index (χ3n) is 6.34. The molecule has 4 atom stereocenters. The van der Waals surface area contributed by atoms with Crippen molar-refractivity contribution < 1.29 is 9.59 Å². The molecule has 2 amide bonds. The Morgan fingerprint density at radius 3 is 2.63 bits per heavy atom. The zero-order chi connectivity index (χ0) is 20.8. The van der Waals surface area contributed by atoms with Crippen LogP contribution in [-0.4, -0.2) is 40.1 Å². The predicted octanol–water partition coefficient (Wildman–Crippen LogP) is 2.52. The number of carbonyl (C=O) groups excluding carboxylic acids is 2. The summed E-state index contributed by atoms with van der Waals surface area (Å²) in [5.74, 6) is 0.915. The molecule has 152 valence electrons. The Hall–Kier alpha value is -3.48. The Morgan fingerprint density at radius 1 is 1.10 bits per heavy atom. The molecule has 0 bridgehead atoms. The summed E-state index contributed by atoms with van der Waals surface area (Å²) in [6, 6.07) is 17.3. The van der Waals surface area contributed by atoms with Crippen molar-refractivity contribution in [2.24, 2.45) is 11.8 Å². The van der Waals surface area contributed by atoms with Gasteiger partial charge in [-0.05, 0) is 34.9 Å². The van der Waals surface area contributed by atoms with Crippen molar-refractivity contribution in [1.29, 1.82) is 0 Å². The fraction of sp³-hybridized carbons (Fsp3) is 0.304. The third kappa shape index (κ3) is 3.07. The van der Waals surface area contributed by atoms with Crippen molar-refractivity contribution in [3.63, 3.8) is 0 Å². The molecule has 0 spiro atoms. The topological polar surface area (TPSA) is 91.0 Å². The molecule has 1 aromatic heterocycles. The van der Waals surface area contributed by atoms with Crippen LogP contribution in [-0.2, 0) is 11.2 Å². The van der Waals surface area contributed by atoms with Crippen molar-refractivity contribution in [3.8, 4) is 0 Å². The van der Waals surface area contributed by atoms with Gasteiger partial charge in [-0.2, -0.15) is 0 Å². The standard InChI is InChI=1S/C23H23N5O2/c1-13-18-15-10-6-7-11-16(15)28(2)23(30)20(19(13)18)25-22(29)21-24-17(26-27-21)12-14-8-4-3-5-9-14/h3-11,13,18-20H,12H2,1-2H3,(H,25,29)(H,24,26,27)/t13-,18-,19-,20+/m0/s1. The van der Waals surface area contributed by atoms with Crippen molar-refractivity contribution in [2.45, 2.75) is 25.3 Å². The largest absolute Gasteiger partial charge is 0.337 e. The fourth-order valence-electron chi connectivity index (χ4n) is 4.70. The van der Waals surface area contributed by atoms with E-state index in [9.17, 15) is 9.59 Å². The molecule has 1 fully saturated rings. The summed E-state index contributed by atoms with van der Waals surface area (Å²) in [5, 5.41) is 11.0. The van der Waals surface area contributed by atoms with E-state index >= 15 is 0 Å². The molecular formula is C23H23N5O2. The van der Waals surface area contributed by atoms with Crippen molar-refractivity contribution in [1.82, 2.24) is 20.5 Å². The average Bonchev–Trinajstić information content (AvgIpc) is 3.21. The van der Waals surface area contributed by atoms with Crippen LogP contribution in [0.2, 0.25) is 0 Å². The van der Waals surface area contributed by atoms with E-state index in [1.165, 1.54) is 5.56 Å². The Labute approximate surface area is 174 Å². The van der Waals surface area contributed by atoms with Gasteiger partial charge in [0.05, 0.1) is 0 Å². The lowest BCUT2D eigenvalue weighted by Gasteiger charge is -2.24. The fourth-order valence-corrected chi connectivity index (χ4v) is 4.70. The van der Waals surface area contributed by atoms with Gasteiger partial charge in [0.2, 0.25) is 11.7 Å². The van der Waals surface area contributed by atoms with Crippen LogP contribution in [0, 0.1) is 11.8 Å². The monoisotopic (exact) mass is 401 g/mol. The Kier molecular flexibility index (Phi) is 4.38. The maximum atomic E-state index is 13.2. The molecule has 1 saturated carbocycles. The molecule has 30 heavy (non-hydrogen) atoms. The first-order valence-corrected chi connectivity index (χ1v) is 10.2. The highest BCUT2D eigenvalue weighted by atomic mass is 16.2. The van der Waals surface area contributed by atoms with Gasteiger partial charge in [-0.15, -0.1) is 10.2 Å². The van der Waals surface area contributed by atoms with Crippen LogP contribution in [0.15, 0.2) is 54.6 Å². The van der Waals surface area contributed by atoms with E-state index in [0.29, 0.717) is 18.2 Å². The summed E-state index contributed by atoms with van der Waals surface area (Å²) in [6.45, 7) is 2.14. The summed E-state index contributed by atoms with van der Waals surface area (Å²) in [5.41, 5.74) is 3.17. The SMILES string of the molecule is C[C@H]1[C@H]2c3ccccc3N(C)C(=O)[C@H](NC(=O)c3nnc(Cc4ccccc4)[nH]3)[C@@H]12. The van der Waals surface area contributed by atoms with E-state index in [4.69, 9.17) is 0 Å². The highest BCUT2D eigenvalue weighted by molar-refractivity contribution is 6.03. The van der Waals surface area contributed by atoms with Gasteiger partial charge >= 0.3 is 0 Å². The first kappa shape index (κ1) is 18.5. The number of rotatable bonds is 4. The lowest BCUT2D eigenvalue weighted by atomic mass is 10.1. The van der Waals surface area contributed by atoms with Gasteiger partial charge in [-0.25, -0.2) is 0 Å². The Balaban J connectivity index is 1.35. The second kappa shape index (κ2) is 7.09. The van der Waals surface area contributed by atoms with E-state index < -0.39 is 11.9 Å². The smallest absolute Gasteiger partial charge is 0.289 e. The van der Waals surface area contributed by atoms with Gasteiger partial charge in [0.15, 0.2) is 0 Å². The van der Waals surface area contributed by atoms with Crippen LogP contribution in [0.1, 0.15) is 40.4 Å². The van der Waals surface area contributed by atoms with Gasteiger partial charge in [0.1, 0.15) is 11.9 Å². The molecule has 7 nitrogen and oxygen atoms in total. The zero-order valence-electron chi connectivity index (χ0n) is 16.9. The maximum Gasteiger partial charge on any atom is 0.289 e. The number of anilines is 1. The number of likely N-dealkylation sites (N-methyl/N-ethyl adjacent to an activating group) is 1. The zero-order valence-corrected chi connectivity index (χ0v) is 16.9. The molecule has 0 unspecified atom stereocenters. The molecule has 0 radical (unpaired) electrons. The molecule has 2 heterocycles. The predicted molar refractivity (Wildman–Crippen MR) is 112 cm³/mol. The minimum absolute atomic E-state index is 0.0826. The van der Waals surface area contributed by atoms with Crippen molar-refractivity contribution in [3.05, 3.63) is 77.4 Å². The van der Waals surface area contributed by atoms with Gasteiger partial charge in [-0.1, -0.05) is 55.5 Å². The van der Waals surface area contributed by atoms with Crippen molar-refractivity contribution >= 4 is 17.5 Å². The number of carbonyl (C=O) groups is 2. The number of H-pyrrole nitrogens is 1. The van der Waals surface area contributed by atoms with Gasteiger partial charge in [0, 0.05) is 19.2 Å². The number of aromatic nitrogens is 3. The summed E-state index contributed by atoms with van der Waals surface area (Å²) in [4.78, 5) is 30.7. The summed E-state index contributed by atoms with van der Waals surface area (Å²) in [6.07, 6.45) is 0.559. The number of nitrogens with one attached hydrogen (secondary N) is 2. The van der Waals surface area contributed by atoms with E-state index in [1.807, 2.05) is 48.5 Å². The number of benzene rings is 2. The van der Waals surface area contributed by atoms with Crippen LogP contribution < -0.4 is 10.2 Å². The third-order valence-corrected chi connectivity index (χ3v) is 6.34. The van der Waals surface area contributed by atoms with Crippen LogP contribution in [0.5, 0.6) is 0 Å². The number of para-hydroxylation sites is 1. The molecule has 2 aliphatic rings. The van der Waals surface area contributed by atoms with Gasteiger partial charge in [0.25, 0.3) is 5.91 Å². The van der Waals surface area contributed by atoms with E-state index in [0.717, 1.165) is 11.3 Å². The molecule has 1 aliphatic heterocycles. The molecule has 0 saturated heterocycles. The lowest BCUT2D eigenvalue weighted by molar-refractivity contribution is -0.120. The molecule has 7 heteroatoms. The summed E-state index contributed by atoms with van der Waals surface area (Å²) >= 11 is 0. The number of fused-ring (bicyclic) bond motifs is 3. The highest BCUT2D eigenvalue weighted by Crippen LogP contribution is 2.59. The molecule has 3 aromatic rings. The first-order chi connectivity index (χ1) is 14.5. The Morgan fingerprint density at radius 2 is 1.83 bits per heavy atom. The second-order valence-electron chi connectivity index (χ2n) is 8.15. The summed E-state index contributed by atoms with van der Waals surface area (Å²) < 4.78 is 0. The van der Waals surface area contributed by atoms with E-state index in [2.05, 4.69) is 33.5 Å². The molecule has 2 N–H and O–H groups in total. The average molecular weight is 401 g/mol. The Bertz CT molecular complexity index is 1110. The minimum Gasteiger partial charge on any atom is -0.337 e. The number of nitrogens with zero attached hydrogens (tertiary/aromatic N) is 3. The number of aromatic amines is 1. The first-order valence-electron chi connectivity index (χ1n) is 10.2. The van der Waals surface area contributed by atoms with Crippen LogP contribution >= 0.6 is 0 Å². The van der Waals surface area contributed by atoms with Crippen LogP contribution in [0.25, 0.3) is 0 Å². The number of hydrogen-bond acceptors (Lipinski definition) is 4. The maximum absolute atomic E-state index is 13.2. The lowest BCUT2D eigenvalue weighted by Crippen LogP contribution is -2.49. The number of amides is 2. The van der Waals surface area contributed by atoms with Crippen LogP contribution in [0.4, 0.5) is 5.69 Å². The number of hydrogen-bond donors (Lipinski definition) is 2.